The van der Waals surface area contributed by atoms with Crippen LogP contribution in [0.15, 0.2) is 48.7 Å². The number of benzene rings is 1. The van der Waals surface area contributed by atoms with Crippen molar-refractivity contribution in [1.82, 2.24) is 19.8 Å². The van der Waals surface area contributed by atoms with Gasteiger partial charge in [0.2, 0.25) is 0 Å². The molecule has 0 aliphatic carbocycles. The fourth-order valence-electron chi connectivity index (χ4n) is 5.07. The zero-order chi connectivity index (χ0) is 24.4. The minimum atomic E-state index is -0.205. The number of hydrogen-bond donors (Lipinski definition) is 1. The molecule has 1 N–H and O–H groups in total. The molecule has 1 fully saturated rings. The highest BCUT2D eigenvalue weighted by atomic mass is 32.1. The highest BCUT2D eigenvalue weighted by molar-refractivity contribution is 7.80. The number of nitrogens with one attached hydrogen (secondary N) is 1. The van der Waals surface area contributed by atoms with Gasteiger partial charge in [-0.05, 0) is 81.2 Å². The number of thiocarbonyl (C=S) groups is 1. The minimum Gasteiger partial charge on any atom is -0.469 e. The normalized spacial score (nSPS) is 17.7. The Kier molecular flexibility index (Phi) is 7.03. The maximum absolute atomic E-state index is 11.7. The number of ether oxygens (including phenoxy) is 1. The first-order valence-electron chi connectivity index (χ1n) is 11.6. The predicted octanol–water partition coefficient (Wildman–Crippen LogP) is 5.03. The average Bonchev–Trinajstić information content (AvgIpc) is 3.30. The van der Waals surface area contributed by atoms with Crippen molar-refractivity contribution in [2.45, 2.75) is 52.6 Å². The number of carbonyl (C=O) groups excluding carboxylic acids is 1. The maximum Gasteiger partial charge on any atom is 0.305 e. The molecule has 2 aromatic heterocycles. The maximum atomic E-state index is 11.7. The van der Waals surface area contributed by atoms with Gasteiger partial charge in [0.15, 0.2) is 5.11 Å². The molecule has 0 unspecified atom stereocenters. The largest absolute Gasteiger partial charge is 0.469 e. The Morgan fingerprint density at radius 3 is 2.50 bits per heavy atom. The van der Waals surface area contributed by atoms with Gasteiger partial charge in [-0.1, -0.05) is 24.3 Å². The van der Waals surface area contributed by atoms with E-state index in [1.165, 1.54) is 40.9 Å². The van der Waals surface area contributed by atoms with E-state index >= 15 is 0 Å². The first kappa shape index (κ1) is 24.0. The highest BCUT2D eigenvalue weighted by Crippen LogP contribution is 2.42. The van der Waals surface area contributed by atoms with E-state index in [1.54, 1.807) is 0 Å². The third-order valence-electron chi connectivity index (χ3n) is 6.66. The Labute approximate surface area is 207 Å². The molecule has 0 saturated carbocycles. The van der Waals surface area contributed by atoms with Crippen LogP contribution in [0.5, 0.6) is 0 Å². The van der Waals surface area contributed by atoms with Gasteiger partial charge in [0, 0.05) is 30.6 Å². The van der Waals surface area contributed by atoms with E-state index in [9.17, 15) is 4.79 Å². The van der Waals surface area contributed by atoms with Crippen LogP contribution in [0.1, 0.15) is 58.7 Å². The van der Waals surface area contributed by atoms with Crippen molar-refractivity contribution in [2.24, 2.45) is 0 Å². The van der Waals surface area contributed by atoms with Crippen molar-refractivity contribution in [3.63, 3.8) is 0 Å². The number of hydrogen-bond acceptors (Lipinski definition) is 4. The van der Waals surface area contributed by atoms with Crippen LogP contribution in [0.3, 0.4) is 0 Å². The van der Waals surface area contributed by atoms with E-state index in [0.717, 1.165) is 5.69 Å². The van der Waals surface area contributed by atoms with Gasteiger partial charge >= 0.3 is 5.97 Å². The van der Waals surface area contributed by atoms with Gasteiger partial charge in [0.1, 0.15) is 0 Å². The van der Waals surface area contributed by atoms with Crippen molar-refractivity contribution in [2.75, 3.05) is 13.7 Å². The SMILES string of the molecule is COC(=O)CCCN1C(=S)N[C@@H](c2ccccn2)[C@@H]1c1cc(C)n(-c2c(C)cccc2C)c1C. The summed E-state index contributed by atoms with van der Waals surface area (Å²) in [4.78, 5) is 18.6. The number of methoxy groups -OCH3 is 1. The third-order valence-corrected chi connectivity index (χ3v) is 7.01. The molecule has 3 heterocycles. The van der Waals surface area contributed by atoms with Crippen molar-refractivity contribution >= 4 is 23.3 Å². The second-order valence-corrected chi connectivity index (χ2v) is 9.29. The number of carbonyl (C=O) groups is 1. The summed E-state index contributed by atoms with van der Waals surface area (Å²) >= 11 is 5.78. The summed E-state index contributed by atoms with van der Waals surface area (Å²) in [6.07, 6.45) is 2.84. The lowest BCUT2D eigenvalue weighted by atomic mass is 9.96. The Hall–Kier alpha value is -3.19. The molecule has 0 radical (unpaired) electrons. The van der Waals surface area contributed by atoms with E-state index in [2.05, 4.69) is 71.7 Å². The Morgan fingerprint density at radius 1 is 1.12 bits per heavy atom. The number of para-hydroxylation sites is 1. The van der Waals surface area contributed by atoms with E-state index in [0.29, 0.717) is 24.5 Å². The molecule has 7 heteroatoms. The molecule has 0 bridgehead atoms. The third kappa shape index (κ3) is 4.44. The van der Waals surface area contributed by atoms with Crippen LogP contribution in [0, 0.1) is 27.7 Å². The molecule has 0 amide bonds. The van der Waals surface area contributed by atoms with E-state index in [-0.39, 0.29) is 18.1 Å². The molecule has 1 aliphatic heterocycles. The fraction of sp³-hybridized carbons (Fsp3) is 0.370. The van der Waals surface area contributed by atoms with Crippen LogP contribution in [0.4, 0.5) is 0 Å². The summed E-state index contributed by atoms with van der Waals surface area (Å²) in [5, 5.41) is 4.19. The number of aromatic nitrogens is 2. The van der Waals surface area contributed by atoms with Gasteiger partial charge in [-0.3, -0.25) is 9.78 Å². The van der Waals surface area contributed by atoms with Crippen molar-refractivity contribution in [1.29, 1.82) is 0 Å². The van der Waals surface area contributed by atoms with Crippen molar-refractivity contribution < 1.29 is 9.53 Å². The number of aryl methyl sites for hydroxylation is 3. The van der Waals surface area contributed by atoms with Crippen molar-refractivity contribution in [3.8, 4) is 5.69 Å². The molecular weight excluding hydrogens is 444 g/mol. The van der Waals surface area contributed by atoms with Crippen molar-refractivity contribution in [3.05, 3.63) is 82.4 Å². The van der Waals surface area contributed by atoms with Crippen LogP contribution in [0.25, 0.3) is 5.69 Å². The predicted molar refractivity (Wildman–Crippen MR) is 138 cm³/mol. The molecule has 178 valence electrons. The molecule has 1 saturated heterocycles. The molecule has 2 atom stereocenters. The molecule has 0 spiro atoms. The summed E-state index contributed by atoms with van der Waals surface area (Å²) in [6.45, 7) is 9.30. The van der Waals surface area contributed by atoms with Gasteiger partial charge in [-0.2, -0.15) is 0 Å². The van der Waals surface area contributed by atoms with Gasteiger partial charge in [0.05, 0.1) is 30.6 Å². The lowest BCUT2D eigenvalue weighted by Gasteiger charge is -2.28. The van der Waals surface area contributed by atoms with Gasteiger partial charge in [-0.15, -0.1) is 0 Å². The number of pyridine rings is 1. The molecule has 6 nitrogen and oxygen atoms in total. The lowest BCUT2D eigenvalue weighted by molar-refractivity contribution is -0.140. The second-order valence-electron chi connectivity index (χ2n) is 8.90. The zero-order valence-corrected chi connectivity index (χ0v) is 21.3. The second kappa shape index (κ2) is 9.97. The van der Waals surface area contributed by atoms with E-state index in [1.807, 2.05) is 24.4 Å². The summed E-state index contributed by atoms with van der Waals surface area (Å²) in [5.41, 5.74) is 8.23. The summed E-state index contributed by atoms with van der Waals surface area (Å²) in [5.74, 6) is -0.205. The average molecular weight is 477 g/mol. The van der Waals surface area contributed by atoms with Gasteiger partial charge in [0.25, 0.3) is 0 Å². The fourth-order valence-corrected chi connectivity index (χ4v) is 5.40. The topological polar surface area (TPSA) is 59.4 Å². The van der Waals surface area contributed by atoms with E-state index < -0.39 is 0 Å². The Balaban J connectivity index is 1.79. The Bertz CT molecular complexity index is 1180. The Morgan fingerprint density at radius 2 is 1.85 bits per heavy atom. The molecule has 34 heavy (non-hydrogen) atoms. The first-order valence-corrected chi connectivity index (χ1v) is 12.0. The smallest absolute Gasteiger partial charge is 0.305 e. The van der Waals surface area contributed by atoms with E-state index in [4.69, 9.17) is 17.0 Å². The summed E-state index contributed by atoms with van der Waals surface area (Å²) in [7, 11) is 1.42. The van der Waals surface area contributed by atoms with Crippen LogP contribution in [0.2, 0.25) is 0 Å². The van der Waals surface area contributed by atoms with Crippen LogP contribution in [-0.2, 0) is 9.53 Å². The quantitative estimate of drug-likeness (QED) is 0.381. The molecule has 1 aliphatic rings. The van der Waals surface area contributed by atoms with Crippen LogP contribution < -0.4 is 5.32 Å². The minimum absolute atomic E-state index is 0.0377. The molecule has 4 rings (SSSR count). The molecular formula is C27H32N4O2S. The van der Waals surface area contributed by atoms with Gasteiger partial charge in [-0.25, -0.2) is 0 Å². The lowest BCUT2D eigenvalue weighted by Crippen LogP contribution is -2.31. The van der Waals surface area contributed by atoms with Crippen LogP contribution >= 0.6 is 12.2 Å². The standard InChI is InChI=1S/C27H32N4O2S/c1-17-10-8-11-18(2)25(17)31-19(3)16-21(20(31)4)26-24(22-12-6-7-14-28-22)29-27(34)30(26)15-9-13-23(32)33-5/h6-8,10-12,14,16,24,26H,9,13,15H2,1-5H3,(H,29,34)/t24-,26-/m0/s1. The van der Waals surface area contributed by atoms with Crippen LogP contribution in [-0.4, -0.2) is 39.2 Å². The number of rotatable bonds is 7. The monoisotopic (exact) mass is 476 g/mol. The van der Waals surface area contributed by atoms with Gasteiger partial charge < -0.3 is 19.5 Å². The first-order chi connectivity index (χ1) is 16.3. The number of nitrogens with zero attached hydrogens (tertiary/aromatic N) is 3. The highest BCUT2D eigenvalue weighted by Gasteiger charge is 2.41. The summed E-state index contributed by atoms with van der Waals surface area (Å²) < 4.78 is 7.18. The molecule has 1 aromatic carbocycles. The number of esters is 1. The zero-order valence-electron chi connectivity index (χ0n) is 20.5. The summed E-state index contributed by atoms with van der Waals surface area (Å²) in [6, 6.07) is 14.5. The molecule has 3 aromatic rings.